The Morgan fingerprint density at radius 2 is 1.87 bits per heavy atom. The van der Waals surface area contributed by atoms with Gasteiger partial charge in [-0.15, -0.1) is 0 Å². The number of rotatable bonds is 4. The van der Waals surface area contributed by atoms with Crippen molar-refractivity contribution in [2.24, 2.45) is 0 Å². The van der Waals surface area contributed by atoms with E-state index in [1.54, 1.807) is 0 Å². The Morgan fingerprint density at radius 3 is 2.52 bits per heavy atom. The molecule has 0 saturated carbocycles. The fraction of sp³-hybridized carbons (Fsp3) is 0.133. The predicted octanol–water partition coefficient (Wildman–Crippen LogP) is 2.90. The highest BCUT2D eigenvalue weighted by Crippen LogP contribution is 2.39. The highest BCUT2D eigenvalue weighted by atomic mass is 19.1. The standard InChI is InChI=1S/C15H15FN2O5/c1-22-12-7-8(6-11(19)14(12)23-2)17-15(21)18-10-5-3-4-9(16)13(10)20/h3-7,19-20H,1-2H3,(H2,17,18,21). The van der Waals surface area contributed by atoms with E-state index in [0.29, 0.717) is 0 Å². The van der Waals surface area contributed by atoms with Gasteiger partial charge in [-0.3, -0.25) is 0 Å². The lowest BCUT2D eigenvalue weighted by Gasteiger charge is -2.13. The molecule has 0 heterocycles. The average molecular weight is 322 g/mol. The van der Waals surface area contributed by atoms with Crippen molar-refractivity contribution < 1.29 is 28.9 Å². The molecule has 0 bridgehead atoms. The number of amides is 2. The van der Waals surface area contributed by atoms with E-state index in [9.17, 15) is 19.4 Å². The van der Waals surface area contributed by atoms with Crippen molar-refractivity contribution in [3.8, 4) is 23.0 Å². The molecule has 0 aliphatic carbocycles. The van der Waals surface area contributed by atoms with E-state index in [-0.39, 0.29) is 28.6 Å². The molecule has 7 nitrogen and oxygen atoms in total. The summed E-state index contributed by atoms with van der Waals surface area (Å²) in [6.07, 6.45) is 0. The third-order valence-electron chi connectivity index (χ3n) is 2.95. The maximum absolute atomic E-state index is 13.2. The van der Waals surface area contributed by atoms with Gasteiger partial charge in [-0.1, -0.05) is 6.07 Å². The topological polar surface area (TPSA) is 100 Å². The summed E-state index contributed by atoms with van der Waals surface area (Å²) in [6.45, 7) is 0. The van der Waals surface area contributed by atoms with Crippen molar-refractivity contribution in [3.63, 3.8) is 0 Å². The molecule has 0 aliphatic heterocycles. The number of phenolic OH excluding ortho intramolecular Hbond substituents is 2. The number of aromatic hydroxyl groups is 2. The minimum atomic E-state index is -0.855. The van der Waals surface area contributed by atoms with Gasteiger partial charge in [-0.05, 0) is 12.1 Å². The van der Waals surface area contributed by atoms with Gasteiger partial charge in [-0.2, -0.15) is 0 Å². The van der Waals surface area contributed by atoms with Crippen LogP contribution in [0.15, 0.2) is 30.3 Å². The molecule has 0 unspecified atom stereocenters. The zero-order valence-corrected chi connectivity index (χ0v) is 12.4. The molecule has 0 aliphatic rings. The highest BCUT2D eigenvalue weighted by molar-refractivity contribution is 6.01. The summed E-state index contributed by atoms with van der Waals surface area (Å²) >= 11 is 0. The summed E-state index contributed by atoms with van der Waals surface area (Å²) in [7, 11) is 2.75. The lowest BCUT2D eigenvalue weighted by Crippen LogP contribution is -2.19. The van der Waals surface area contributed by atoms with E-state index in [4.69, 9.17) is 9.47 Å². The second-order valence-electron chi connectivity index (χ2n) is 4.45. The maximum atomic E-state index is 13.2. The van der Waals surface area contributed by atoms with Crippen LogP contribution in [-0.4, -0.2) is 30.5 Å². The number of halogens is 1. The number of nitrogens with one attached hydrogen (secondary N) is 2. The molecule has 0 aromatic heterocycles. The van der Waals surface area contributed by atoms with Gasteiger partial charge in [0, 0.05) is 12.1 Å². The first-order valence-corrected chi connectivity index (χ1v) is 6.46. The number of methoxy groups -OCH3 is 2. The lowest BCUT2D eigenvalue weighted by atomic mass is 10.2. The molecule has 0 spiro atoms. The number of carbonyl (C=O) groups is 1. The van der Waals surface area contributed by atoms with Crippen LogP contribution in [0.3, 0.4) is 0 Å². The second-order valence-corrected chi connectivity index (χ2v) is 4.45. The first-order valence-electron chi connectivity index (χ1n) is 6.46. The Hall–Kier alpha value is -3.16. The molecule has 2 aromatic rings. The van der Waals surface area contributed by atoms with Crippen LogP contribution in [0.5, 0.6) is 23.0 Å². The molecule has 122 valence electrons. The molecule has 2 aromatic carbocycles. The van der Waals surface area contributed by atoms with E-state index in [2.05, 4.69) is 10.6 Å². The fourth-order valence-electron chi connectivity index (χ4n) is 1.92. The van der Waals surface area contributed by atoms with Gasteiger partial charge >= 0.3 is 6.03 Å². The number of ether oxygens (including phenoxy) is 2. The maximum Gasteiger partial charge on any atom is 0.323 e. The molecular weight excluding hydrogens is 307 g/mol. The molecule has 0 radical (unpaired) electrons. The summed E-state index contributed by atoms with van der Waals surface area (Å²) in [5.41, 5.74) is 0.126. The van der Waals surface area contributed by atoms with Crippen LogP contribution in [0, 0.1) is 5.82 Å². The third-order valence-corrected chi connectivity index (χ3v) is 2.95. The van der Waals surface area contributed by atoms with Gasteiger partial charge in [0.2, 0.25) is 5.75 Å². The van der Waals surface area contributed by atoms with Crippen molar-refractivity contribution in [1.82, 2.24) is 0 Å². The van der Waals surface area contributed by atoms with Gasteiger partial charge in [0.25, 0.3) is 0 Å². The van der Waals surface area contributed by atoms with Gasteiger partial charge in [0.05, 0.1) is 25.6 Å². The molecule has 23 heavy (non-hydrogen) atoms. The quantitative estimate of drug-likeness (QED) is 0.649. The lowest BCUT2D eigenvalue weighted by molar-refractivity contribution is 0.262. The predicted molar refractivity (Wildman–Crippen MR) is 81.9 cm³/mol. The largest absolute Gasteiger partial charge is 0.504 e. The Balaban J connectivity index is 2.17. The number of hydrogen-bond donors (Lipinski definition) is 4. The average Bonchev–Trinajstić information content (AvgIpc) is 2.51. The van der Waals surface area contributed by atoms with Crippen molar-refractivity contribution in [2.45, 2.75) is 0 Å². The Labute approximate surface area is 131 Å². The smallest absolute Gasteiger partial charge is 0.323 e. The van der Waals surface area contributed by atoms with E-state index in [1.807, 2.05) is 0 Å². The highest BCUT2D eigenvalue weighted by Gasteiger charge is 2.14. The Bertz CT molecular complexity index is 736. The van der Waals surface area contributed by atoms with E-state index < -0.39 is 17.6 Å². The molecule has 2 rings (SSSR count). The summed E-state index contributed by atoms with van der Waals surface area (Å²) < 4.78 is 23.2. The SMILES string of the molecule is COc1cc(NC(=O)Nc2cccc(F)c2O)cc(O)c1OC. The first kappa shape index (κ1) is 16.2. The van der Waals surface area contributed by atoms with Gasteiger partial charge in [0.15, 0.2) is 23.1 Å². The number of phenols is 2. The minimum Gasteiger partial charge on any atom is -0.504 e. The normalized spacial score (nSPS) is 10.0. The van der Waals surface area contributed by atoms with Crippen LogP contribution in [0.25, 0.3) is 0 Å². The number of para-hydroxylation sites is 1. The zero-order valence-electron chi connectivity index (χ0n) is 12.4. The van der Waals surface area contributed by atoms with Gasteiger partial charge < -0.3 is 30.3 Å². The van der Waals surface area contributed by atoms with Gasteiger partial charge in [-0.25, -0.2) is 9.18 Å². The third kappa shape index (κ3) is 3.54. The van der Waals surface area contributed by atoms with Crippen LogP contribution in [0.4, 0.5) is 20.6 Å². The molecule has 2 amide bonds. The van der Waals surface area contributed by atoms with Gasteiger partial charge in [0.1, 0.15) is 0 Å². The van der Waals surface area contributed by atoms with Crippen molar-refractivity contribution in [2.75, 3.05) is 24.9 Å². The van der Waals surface area contributed by atoms with Crippen molar-refractivity contribution >= 4 is 17.4 Å². The molecule has 4 N–H and O–H groups in total. The number of urea groups is 1. The summed E-state index contributed by atoms with van der Waals surface area (Å²) in [4.78, 5) is 11.9. The van der Waals surface area contributed by atoms with Crippen LogP contribution >= 0.6 is 0 Å². The fourth-order valence-corrected chi connectivity index (χ4v) is 1.92. The van der Waals surface area contributed by atoms with Crippen LogP contribution in [0.1, 0.15) is 0 Å². The number of carbonyl (C=O) groups excluding carboxylic acids is 1. The second kappa shape index (κ2) is 6.73. The molecule has 0 fully saturated rings. The number of hydrogen-bond acceptors (Lipinski definition) is 5. The summed E-state index contributed by atoms with van der Waals surface area (Å²) in [6, 6.07) is 5.69. The van der Waals surface area contributed by atoms with E-state index >= 15 is 0 Å². The summed E-state index contributed by atoms with van der Waals surface area (Å²) in [5, 5.41) is 24.0. The Kier molecular flexibility index (Phi) is 4.75. The molecule has 8 heteroatoms. The first-order chi connectivity index (χ1) is 11.0. The van der Waals surface area contributed by atoms with E-state index in [1.165, 1.54) is 38.5 Å². The molecular formula is C15H15FN2O5. The molecule has 0 atom stereocenters. The number of benzene rings is 2. The van der Waals surface area contributed by atoms with E-state index in [0.717, 1.165) is 6.07 Å². The zero-order chi connectivity index (χ0) is 17.0. The molecule has 0 saturated heterocycles. The van der Waals surface area contributed by atoms with Crippen LogP contribution in [0.2, 0.25) is 0 Å². The number of anilines is 2. The minimum absolute atomic E-state index is 0.0906. The van der Waals surface area contributed by atoms with Crippen molar-refractivity contribution in [3.05, 3.63) is 36.1 Å². The van der Waals surface area contributed by atoms with Crippen molar-refractivity contribution in [1.29, 1.82) is 0 Å². The van der Waals surface area contributed by atoms with Crippen LogP contribution < -0.4 is 20.1 Å². The van der Waals surface area contributed by atoms with Crippen LogP contribution in [-0.2, 0) is 0 Å². The summed E-state index contributed by atoms with van der Waals surface area (Å²) in [5.74, 6) is -1.40. The Morgan fingerprint density at radius 1 is 1.13 bits per heavy atom. The monoisotopic (exact) mass is 322 g/mol.